The van der Waals surface area contributed by atoms with Crippen LogP contribution in [-0.4, -0.2) is 0 Å². The average molecular weight is 361 g/mol. The van der Waals surface area contributed by atoms with Gasteiger partial charge >= 0.3 is 0 Å². The summed E-state index contributed by atoms with van der Waals surface area (Å²) in [5.41, 5.74) is 8.14. The van der Waals surface area contributed by atoms with Crippen molar-refractivity contribution in [2.45, 2.75) is 12.8 Å². The summed E-state index contributed by atoms with van der Waals surface area (Å²) in [6.45, 7) is 0. The molecule has 0 saturated heterocycles. The Bertz CT molecular complexity index is 840. The summed E-state index contributed by atoms with van der Waals surface area (Å²) >= 11 is 3.58. The zero-order chi connectivity index (χ0) is 15.6. The lowest BCUT2D eigenvalue weighted by Gasteiger charge is -2.12. The minimum absolute atomic E-state index is 1.10. The number of hydrogen-bond acceptors (Lipinski definition) is 0. The summed E-state index contributed by atoms with van der Waals surface area (Å²) in [7, 11) is 0. The highest BCUT2D eigenvalue weighted by Gasteiger charge is 2.17. The van der Waals surface area contributed by atoms with E-state index in [1.807, 2.05) is 0 Å². The van der Waals surface area contributed by atoms with E-state index in [0.717, 1.165) is 17.3 Å². The molecule has 4 rings (SSSR count). The van der Waals surface area contributed by atoms with Crippen molar-refractivity contribution in [3.8, 4) is 0 Å². The van der Waals surface area contributed by atoms with Crippen molar-refractivity contribution in [2.24, 2.45) is 0 Å². The molecule has 0 spiro atoms. The zero-order valence-electron chi connectivity index (χ0n) is 12.8. The van der Waals surface area contributed by atoms with Gasteiger partial charge in [0.1, 0.15) is 0 Å². The first kappa shape index (κ1) is 14.5. The third-order valence-electron chi connectivity index (χ3n) is 4.44. The molecular weight excluding hydrogens is 344 g/mol. The Morgan fingerprint density at radius 2 is 1.30 bits per heavy atom. The number of fused-ring (bicyclic) bond motifs is 2. The molecule has 1 aliphatic rings. The predicted molar refractivity (Wildman–Crippen MR) is 101 cm³/mol. The molecule has 0 saturated carbocycles. The summed E-state index contributed by atoms with van der Waals surface area (Å²) in [6, 6.07) is 26.1. The Kier molecular flexibility index (Phi) is 3.88. The van der Waals surface area contributed by atoms with Crippen LogP contribution in [0.2, 0.25) is 0 Å². The average Bonchev–Trinajstić information content (AvgIpc) is 2.73. The van der Waals surface area contributed by atoms with Crippen LogP contribution in [0.4, 0.5) is 0 Å². The van der Waals surface area contributed by atoms with Gasteiger partial charge in [-0.15, -0.1) is 0 Å². The molecule has 0 aliphatic heterocycles. The Labute approximate surface area is 145 Å². The zero-order valence-corrected chi connectivity index (χ0v) is 14.4. The standard InChI is InChI=1S/C22H17Br/c23-19-9-5-6-16(14-19)15-22-20-10-3-1-7-17(20)12-13-18-8-2-4-11-21(18)22/h1-11,14-15H,12-13H2. The fourth-order valence-corrected chi connectivity index (χ4v) is 3.75. The van der Waals surface area contributed by atoms with Crippen LogP contribution in [0, 0.1) is 0 Å². The fourth-order valence-electron chi connectivity index (χ4n) is 3.34. The molecule has 3 aromatic carbocycles. The highest BCUT2D eigenvalue weighted by molar-refractivity contribution is 9.10. The maximum absolute atomic E-state index is 3.58. The Morgan fingerprint density at radius 1 is 0.696 bits per heavy atom. The van der Waals surface area contributed by atoms with Crippen LogP contribution in [0.5, 0.6) is 0 Å². The molecular formula is C22H17Br. The SMILES string of the molecule is Brc1cccc(C=C2c3ccccc3CCc3ccccc32)c1. The van der Waals surface area contributed by atoms with Gasteiger partial charge in [0.2, 0.25) is 0 Å². The Hall–Kier alpha value is -2.12. The third kappa shape index (κ3) is 2.89. The van der Waals surface area contributed by atoms with Crippen molar-refractivity contribution in [1.82, 2.24) is 0 Å². The number of benzene rings is 3. The smallest absolute Gasteiger partial charge is 0.0181 e. The Morgan fingerprint density at radius 3 is 1.91 bits per heavy atom. The van der Waals surface area contributed by atoms with E-state index in [1.165, 1.54) is 33.4 Å². The lowest BCUT2D eigenvalue weighted by atomic mass is 9.92. The molecule has 0 N–H and O–H groups in total. The van der Waals surface area contributed by atoms with Gasteiger partial charge in [-0.05, 0) is 64.4 Å². The minimum atomic E-state index is 1.10. The molecule has 1 aliphatic carbocycles. The largest absolute Gasteiger partial charge is 0.0620 e. The van der Waals surface area contributed by atoms with Crippen molar-refractivity contribution >= 4 is 27.6 Å². The van der Waals surface area contributed by atoms with Crippen molar-refractivity contribution in [2.75, 3.05) is 0 Å². The quantitative estimate of drug-likeness (QED) is 0.489. The van der Waals surface area contributed by atoms with Crippen LogP contribution in [0.3, 0.4) is 0 Å². The van der Waals surface area contributed by atoms with Gasteiger partial charge < -0.3 is 0 Å². The van der Waals surface area contributed by atoms with Crippen molar-refractivity contribution in [3.05, 3.63) is 105 Å². The Balaban J connectivity index is 1.97. The van der Waals surface area contributed by atoms with E-state index in [1.54, 1.807) is 0 Å². The monoisotopic (exact) mass is 360 g/mol. The van der Waals surface area contributed by atoms with Gasteiger partial charge in [-0.1, -0.05) is 76.6 Å². The number of aryl methyl sites for hydroxylation is 2. The second kappa shape index (κ2) is 6.17. The first-order chi connectivity index (χ1) is 11.3. The molecule has 0 fully saturated rings. The predicted octanol–water partition coefficient (Wildman–Crippen LogP) is 6.14. The molecule has 0 aromatic heterocycles. The molecule has 0 nitrogen and oxygen atoms in total. The van der Waals surface area contributed by atoms with Crippen LogP contribution in [0.1, 0.15) is 27.8 Å². The summed E-state index contributed by atoms with van der Waals surface area (Å²) in [5.74, 6) is 0. The second-order valence-electron chi connectivity index (χ2n) is 5.93. The van der Waals surface area contributed by atoms with E-state index in [9.17, 15) is 0 Å². The van der Waals surface area contributed by atoms with E-state index >= 15 is 0 Å². The van der Waals surface area contributed by atoms with E-state index in [-0.39, 0.29) is 0 Å². The van der Waals surface area contributed by atoms with Crippen LogP contribution < -0.4 is 0 Å². The molecule has 23 heavy (non-hydrogen) atoms. The normalized spacial score (nSPS) is 13.0. The van der Waals surface area contributed by atoms with Gasteiger partial charge in [-0.3, -0.25) is 0 Å². The third-order valence-corrected chi connectivity index (χ3v) is 4.93. The maximum Gasteiger partial charge on any atom is 0.0181 e. The van der Waals surface area contributed by atoms with Crippen LogP contribution in [0.25, 0.3) is 11.6 Å². The highest BCUT2D eigenvalue weighted by atomic mass is 79.9. The molecule has 0 amide bonds. The minimum Gasteiger partial charge on any atom is -0.0620 e. The summed E-state index contributed by atoms with van der Waals surface area (Å²) in [4.78, 5) is 0. The van der Waals surface area contributed by atoms with E-state index in [0.29, 0.717) is 0 Å². The topological polar surface area (TPSA) is 0 Å². The van der Waals surface area contributed by atoms with Crippen molar-refractivity contribution < 1.29 is 0 Å². The maximum atomic E-state index is 3.58. The molecule has 0 radical (unpaired) electrons. The van der Waals surface area contributed by atoms with Crippen molar-refractivity contribution in [1.29, 1.82) is 0 Å². The lowest BCUT2D eigenvalue weighted by molar-refractivity contribution is 0.965. The van der Waals surface area contributed by atoms with Crippen LogP contribution >= 0.6 is 15.9 Å². The van der Waals surface area contributed by atoms with E-state index in [2.05, 4.69) is 94.8 Å². The molecule has 1 heteroatoms. The number of hydrogen-bond donors (Lipinski definition) is 0. The van der Waals surface area contributed by atoms with Crippen LogP contribution in [-0.2, 0) is 12.8 Å². The molecule has 112 valence electrons. The lowest BCUT2D eigenvalue weighted by Crippen LogP contribution is -1.92. The first-order valence-corrected chi connectivity index (χ1v) is 8.74. The molecule has 0 heterocycles. The van der Waals surface area contributed by atoms with Gasteiger partial charge in [-0.2, -0.15) is 0 Å². The summed E-state index contributed by atoms with van der Waals surface area (Å²) in [5, 5.41) is 0. The second-order valence-corrected chi connectivity index (χ2v) is 6.84. The van der Waals surface area contributed by atoms with Gasteiger partial charge in [0.05, 0.1) is 0 Å². The summed E-state index contributed by atoms with van der Waals surface area (Å²) in [6.07, 6.45) is 4.51. The highest BCUT2D eigenvalue weighted by Crippen LogP contribution is 2.35. The molecule has 0 unspecified atom stereocenters. The summed E-state index contributed by atoms with van der Waals surface area (Å²) < 4.78 is 1.11. The van der Waals surface area contributed by atoms with Crippen molar-refractivity contribution in [3.63, 3.8) is 0 Å². The van der Waals surface area contributed by atoms with E-state index < -0.39 is 0 Å². The number of rotatable bonds is 1. The number of halogens is 1. The molecule has 3 aromatic rings. The van der Waals surface area contributed by atoms with Gasteiger partial charge in [-0.25, -0.2) is 0 Å². The van der Waals surface area contributed by atoms with E-state index in [4.69, 9.17) is 0 Å². The van der Waals surface area contributed by atoms with Gasteiger partial charge in [0.15, 0.2) is 0 Å². The molecule has 0 bridgehead atoms. The van der Waals surface area contributed by atoms with Gasteiger partial charge in [0, 0.05) is 4.47 Å². The molecule has 0 atom stereocenters. The fraction of sp³-hybridized carbons (Fsp3) is 0.0909. The first-order valence-electron chi connectivity index (χ1n) is 7.95. The van der Waals surface area contributed by atoms with Crippen LogP contribution in [0.15, 0.2) is 77.3 Å². The van der Waals surface area contributed by atoms with Gasteiger partial charge in [0.25, 0.3) is 0 Å².